The van der Waals surface area contributed by atoms with Crippen molar-refractivity contribution >= 4 is 23.6 Å². The maximum Gasteiger partial charge on any atom is 0.414 e. The van der Waals surface area contributed by atoms with Crippen molar-refractivity contribution < 1.29 is 19.1 Å². The first-order valence-electron chi connectivity index (χ1n) is 9.29. The van der Waals surface area contributed by atoms with Crippen molar-refractivity contribution in [1.82, 2.24) is 4.90 Å². The first kappa shape index (κ1) is 19.2. The number of hydrogen-bond acceptors (Lipinski definition) is 6. The van der Waals surface area contributed by atoms with Crippen LogP contribution < -0.4 is 10.6 Å². The van der Waals surface area contributed by atoms with E-state index in [0.29, 0.717) is 31.8 Å². The maximum absolute atomic E-state index is 12.2. The van der Waals surface area contributed by atoms with E-state index >= 15 is 0 Å². The number of likely N-dealkylation sites (tertiary alicyclic amines) is 1. The fourth-order valence-corrected chi connectivity index (χ4v) is 3.61. The van der Waals surface area contributed by atoms with Crippen molar-refractivity contribution in [2.24, 2.45) is 11.7 Å². The van der Waals surface area contributed by atoms with Crippen LogP contribution in [0.2, 0.25) is 0 Å². The molecule has 0 saturated carbocycles. The van der Waals surface area contributed by atoms with Crippen LogP contribution >= 0.6 is 0 Å². The fraction of sp³-hybridized carbons (Fsp3) is 0.526. The number of ether oxygens (including phenoxy) is 2. The molecule has 0 aliphatic carbocycles. The maximum atomic E-state index is 12.2. The lowest BCUT2D eigenvalue weighted by Gasteiger charge is -2.32. The van der Waals surface area contributed by atoms with E-state index in [1.807, 2.05) is 6.92 Å². The van der Waals surface area contributed by atoms with Crippen LogP contribution in [0.15, 0.2) is 24.3 Å². The van der Waals surface area contributed by atoms with Gasteiger partial charge < -0.3 is 15.2 Å². The van der Waals surface area contributed by atoms with Gasteiger partial charge in [-0.05, 0) is 50.6 Å². The third kappa shape index (κ3) is 4.57. The van der Waals surface area contributed by atoms with Gasteiger partial charge in [-0.2, -0.15) is 0 Å². The summed E-state index contributed by atoms with van der Waals surface area (Å²) < 4.78 is 10.6. The van der Waals surface area contributed by atoms with Crippen LogP contribution in [-0.2, 0) is 14.3 Å². The van der Waals surface area contributed by atoms with Crippen LogP contribution in [0.5, 0.6) is 0 Å². The van der Waals surface area contributed by atoms with E-state index in [-0.39, 0.29) is 29.9 Å². The molecule has 2 unspecified atom stereocenters. The van der Waals surface area contributed by atoms with E-state index in [4.69, 9.17) is 20.6 Å². The molecule has 0 aromatic heterocycles. The van der Waals surface area contributed by atoms with Gasteiger partial charge in [0.05, 0.1) is 19.1 Å². The van der Waals surface area contributed by atoms with Gasteiger partial charge in [-0.25, -0.2) is 4.79 Å². The number of nitrogens with zero attached hydrogens (tertiary/aromatic N) is 2. The largest absolute Gasteiger partial charge is 0.466 e. The molecule has 2 saturated heterocycles. The Morgan fingerprint density at radius 1 is 1.33 bits per heavy atom. The van der Waals surface area contributed by atoms with Crippen LogP contribution in [0.4, 0.5) is 10.5 Å². The molecule has 1 aromatic carbocycles. The highest BCUT2D eigenvalue weighted by atomic mass is 16.6. The van der Waals surface area contributed by atoms with Crippen LogP contribution in [0.25, 0.3) is 0 Å². The van der Waals surface area contributed by atoms with Crippen LogP contribution in [0, 0.1) is 11.3 Å². The molecule has 1 amide bonds. The van der Waals surface area contributed by atoms with Gasteiger partial charge in [-0.15, -0.1) is 0 Å². The second kappa shape index (κ2) is 8.39. The van der Waals surface area contributed by atoms with Gasteiger partial charge in [0.25, 0.3) is 0 Å². The zero-order valence-electron chi connectivity index (χ0n) is 15.5. The number of nitrogens with one attached hydrogen (secondary N) is 1. The summed E-state index contributed by atoms with van der Waals surface area (Å²) in [5.41, 5.74) is 6.79. The molecule has 2 fully saturated rings. The van der Waals surface area contributed by atoms with Crippen molar-refractivity contribution in [2.45, 2.75) is 25.9 Å². The lowest BCUT2D eigenvalue weighted by atomic mass is 9.98. The second-order valence-corrected chi connectivity index (χ2v) is 6.93. The molecule has 2 aliphatic rings. The zero-order chi connectivity index (χ0) is 19.4. The number of nitrogen functional groups attached to an aromatic ring is 1. The van der Waals surface area contributed by atoms with Gasteiger partial charge in [0.15, 0.2) is 0 Å². The minimum Gasteiger partial charge on any atom is -0.466 e. The molecule has 3 N–H and O–H groups in total. The summed E-state index contributed by atoms with van der Waals surface area (Å²) in [5, 5.41) is 7.44. The number of carbonyl (C=O) groups excluding carboxylic acids is 2. The monoisotopic (exact) mass is 374 g/mol. The van der Waals surface area contributed by atoms with Gasteiger partial charge in [-0.3, -0.25) is 20.0 Å². The summed E-state index contributed by atoms with van der Waals surface area (Å²) in [5.74, 6) is -0.256. The van der Waals surface area contributed by atoms with E-state index in [9.17, 15) is 9.59 Å². The number of piperidine rings is 1. The van der Waals surface area contributed by atoms with Crippen molar-refractivity contribution in [3.05, 3.63) is 29.8 Å². The first-order valence-corrected chi connectivity index (χ1v) is 9.29. The Labute approximate surface area is 158 Å². The van der Waals surface area contributed by atoms with Crippen LogP contribution in [0.1, 0.15) is 25.3 Å². The Kier molecular flexibility index (Phi) is 5.95. The molecule has 0 radical (unpaired) electrons. The standard InChI is InChI=1S/C19H26N4O4/c1-2-26-18(24)14-4-3-9-22(10-14)11-16-12-23(19(25)27-16)15-7-5-13(6-8-15)17(20)21/h5-8,14,16H,2-4,9-12H2,1H3,(H3,20,21). The number of hydrogen-bond donors (Lipinski definition) is 2. The van der Waals surface area contributed by atoms with Crippen molar-refractivity contribution in [2.75, 3.05) is 37.7 Å². The van der Waals surface area contributed by atoms with Crippen molar-refractivity contribution in [3.63, 3.8) is 0 Å². The van der Waals surface area contributed by atoms with Gasteiger partial charge >= 0.3 is 12.1 Å². The summed E-state index contributed by atoms with van der Waals surface area (Å²) in [6, 6.07) is 6.95. The van der Waals surface area contributed by atoms with Gasteiger partial charge in [-0.1, -0.05) is 0 Å². The van der Waals surface area contributed by atoms with E-state index < -0.39 is 0 Å². The molecule has 2 atom stereocenters. The molecule has 146 valence electrons. The molecule has 3 rings (SSSR count). The molecule has 8 nitrogen and oxygen atoms in total. The zero-order valence-corrected chi connectivity index (χ0v) is 15.5. The van der Waals surface area contributed by atoms with Crippen LogP contribution in [0.3, 0.4) is 0 Å². The molecule has 2 aliphatic heterocycles. The summed E-state index contributed by atoms with van der Waals surface area (Å²) in [7, 11) is 0. The minimum atomic E-state index is -0.380. The van der Waals surface area contributed by atoms with Crippen LogP contribution in [-0.4, -0.2) is 61.7 Å². The normalized spacial score (nSPS) is 23.1. The smallest absolute Gasteiger partial charge is 0.414 e. The number of esters is 1. The molecule has 8 heteroatoms. The third-order valence-corrected chi connectivity index (χ3v) is 4.95. The van der Waals surface area contributed by atoms with E-state index in [1.54, 1.807) is 29.2 Å². The summed E-state index contributed by atoms with van der Waals surface area (Å²) in [4.78, 5) is 28.0. The average molecular weight is 374 g/mol. The van der Waals surface area contributed by atoms with Gasteiger partial charge in [0.2, 0.25) is 0 Å². The van der Waals surface area contributed by atoms with E-state index in [1.165, 1.54) is 0 Å². The SMILES string of the molecule is CCOC(=O)C1CCCN(CC2CN(c3ccc(C(=N)N)cc3)C(=O)O2)C1. The molecule has 1 aromatic rings. The Bertz CT molecular complexity index is 706. The van der Waals surface area contributed by atoms with Gasteiger partial charge in [0.1, 0.15) is 11.9 Å². The summed E-state index contributed by atoms with van der Waals surface area (Å²) in [6.07, 6.45) is 1.15. The topological polar surface area (TPSA) is 109 Å². The molecule has 27 heavy (non-hydrogen) atoms. The quantitative estimate of drug-likeness (QED) is 0.444. The number of anilines is 1. The Balaban J connectivity index is 1.57. The highest BCUT2D eigenvalue weighted by Gasteiger charge is 2.35. The van der Waals surface area contributed by atoms with Crippen molar-refractivity contribution in [1.29, 1.82) is 5.41 Å². The Morgan fingerprint density at radius 2 is 2.07 bits per heavy atom. The molecular weight excluding hydrogens is 348 g/mol. The van der Waals surface area contributed by atoms with Gasteiger partial charge in [0, 0.05) is 24.3 Å². The van der Waals surface area contributed by atoms with Crippen molar-refractivity contribution in [3.8, 4) is 0 Å². The number of cyclic esters (lactones) is 1. The highest BCUT2D eigenvalue weighted by molar-refractivity contribution is 5.96. The lowest BCUT2D eigenvalue weighted by Crippen LogP contribution is -2.43. The summed E-state index contributed by atoms with van der Waals surface area (Å²) >= 11 is 0. The number of amidine groups is 1. The molecule has 0 spiro atoms. The average Bonchev–Trinajstić information content (AvgIpc) is 3.02. The number of nitrogens with two attached hydrogens (primary N) is 1. The lowest BCUT2D eigenvalue weighted by molar-refractivity contribution is -0.150. The fourth-order valence-electron chi connectivity index (χ4n) is 3.61. The number of carbonyl (C=O) groups is 2. The number of rotatable bonds is 6. The highest BCUT2D eigenvalue weighted by Crippen LogP contribution is 2.24. The Morgan fingerprint density at radius 3 is 2.74 bits per heavy atom. The third-order valence-electron chi connectivity index (χ3n) is 4.95. The molecule has 2 heterocycles. The summed E-state index contributed by atoms with van der Waals surface area (Å²) in [6.45, 7) is 4.79. The predicted molar refractivity (Wildman–Crippen MR) is 101 cm³/mol. The van der Waals surface area contributed by atoms with E-state index in [0.717, 1.165) is 25.1 Å². The number of benzene rings is 1. The second-order valence-electron chi connectivity index (χ2n) is 6.93. The predicted octanol–water partition coefficient (Wildman–Crippen LogP) is 1.57. The molecule has 0 bridgehead atoms. The minimum absolute atomic E-state index is 0.00956. The Hall–Kier alpha value is -2.61. The number of amides is 1. The molecular formula is C19H26N4O4. The first-order chi connectivity index (χ1) is 13.0. The van der Waals surface area contributed by atoms with E-state index in [2.05, 4.69) is 4.90 Å².